The van der Waals surface area contributed by atoms with E-state index >= 15 is 0 Å². The van der Waals surface area contributed by atoms with Crippen LogP contribution in [0.25, 0.3) is 5.78 Å². The SMILES string of the molecule is Cc1cccc(NC(=O)CSc2nnc3[nH]c(=O)c(C)nn23)c1. The van der Waals surface area contributed by atoms with Crippen molar-refractivity contribution in [1.29, 1.82) is 0 Å². The molecule has 0 aliphatic carbocycles. The Balaban J connectivity index is 1.69. The lowest BCUT2D eigenvalue weighted by atomic mass is 10.2. The molecule has 118 valence electrons. The number of fused-ring (bicyclic) bond motifs is 1. The highest BCUT2D eigenvalue weighted by Crippen LogP contribution is 2.16. The van der Waals surface area contributed by atoms with Crippen LogP contribution in [0.4, 0.5) is 5.69 Å². The molecule has 2 aromatic heterocycles. The first-order valence-corrected chi connectivity index (χ1v) is 7.83. The first-order valence-electron chi connectivity index (χ1n) is 6.84. The minimum Gasteiger partial charge on any atom is -0.325 e. The lowest BCUT2D eigenvalue weighted by Gasteiger charge is -2.05. The van der Waals surface area contributed by atoms with Crippen molar-refractivity contribution in [1.82, 2.24) is 24.8 Å². The van der Waals surface area contributed by atoms with E-state index in [0.29, 0.717) is 10.9 Å². The average molecular weight is 330 g/mol. The van der Waals surface area contributed by atoms with Gasteiger partial charge in [0.25, 0.3) is 11.3 Å². The average Bonchev–Trinajstić information content (AvgIpc) is 2.88. The number of aromatic nitrogens is 5. The number of nitrogens with one attached hydrogen (secondary N) is 2. The molecule has 0 radical (unpaired) electrons. The number of aromatic amines is 1. The van der Waals surface area contributed by atoms with E-state index in [0.717, 1.165) is 11.3 Å². The van der Waals surface area contributed by atoms with Gasteiger partial charge in [-0.15, -0.1) is 10.2 Å². The van der Waals surface area contributed by atoms with Crippen molar-refractivity contribution in [3.8, 4) is 0 Å². The number of carbonyl (C=O) groups excluding carboxylic acids is 1. The van der Waals surface area contributed by atoms with Gasteiger partial charge in [0.2, 0.25) is 11.1 Å². The summed E-state index contributed by atoms with van der Waals surface area (Å²) in [6, 6.07) is 7.57. The normalized spacial score (nSPS) is 10.9. The van der Waals surface area contributed by atoms with Crippen molar-refractivity contribution in [2.45, 2.75) is 19.0 Å². The number of H-pyrrole nitrogens is 1. The molecule has 0 unspecified atom stereocenters. The van der Waals surface area contributed by atoms with E-state index < -0.39 is 0 Å². The molecule has 0 saturated heterocycles. The van der Waals surface area contributed by atoms with Gasteiger partial charge in [0.05, 0.1) is 5.75 Å². The van der Waals surface area contributed by atoms with Crippen LogP contribution in [0, 0.1) is 13.8 Å². The quantitative estimate of drug-likeness (QED) is 0.696. The number of nitrogens with zero attached hydrogens (tertiary/aromatic N) is 4. The van der Waals surface area contributed by atoms with E-state index in [1.165, 1.54) is 16.3 Å². The molecule has 8 nitrogen and oxygen atoms in total. The second kappa shape index (κ2) is 6.21. The number of hydrogen-bond acceptors (Lipinski definition) is 6. The zero-order valence-corrected chi connectivity index (χ0v) is 13.3. The van der Waals surface area contributed by atoms with Crippen LogP contribution in [0.2, 0.25) is 0 Å². The number of anilines is 1. The maximum atomic E-state index is 12.0. The number of hydrogen-bond donors (Lipinski definition) is 2. The third-order valence-corrected chi connectivity index (χ3v) is 3.97. The summed E-state index contributed by atoms with van der Waals surface area (Å²) in [4.78, 5) is 26.0. The maximum Gasteiger partial charge on any atom is 0.273 e. The fraction of sp³-hybridized carbons (Fsp3) is 0.214. The Labute approximate surface area is 135 Å². The van der Waals surface area contributed by atoms with Crippen molar-refractivity contribution in [2.24, 2.45) is 0 Å². The number of aryl methyl sites for hydroxylation is 2. The van der Waals surface area contributed by atoms with Gasteiger partial charge in [-0.2, -0.15) is 9.61 Å². The van der Waals surface area contributed by atoms with Gasteiger partial charge in [0, 0.05) is 5.69 Å². The standard InChI is InChI=1S/C14H14N6O2S/c1-8-4-3-5-10(6-8)15-11(21)7-23-14-18-17-13-16-12(22)9(2)19-20(13)14/h3-6H,7H2,1-2H3,(H,15,21)(H,16,17,22). The fourth-order valence-electron chi connectivity index (χ4n) is 1.96. The monoisotopic (exact) mass is 330 g/mol. The van der Waals surface area contributed by atoms with Gasteiger partial charge in [-0.3, -0.25) is 14.6 Å². The summed E-state index contributed by atoms with van der Waals surface area (Å²) in [5, 5.41) is 15.1. The van der Waals surface area contributed by atoms with Crippen molar-refractivity contribution >= 4 is 29.1 Å². The molecule has 0 saturated carbocycles. The summed E-state index contributed by atoms with van der Waals surface area (Å²) >= 11 is 1.20. The fourth-order valence-corrected chi connectivity index (χ4v) is 2.64. The van der Waals surface area contributed by atoms with Crippen molar-refractivity contribution in [2.75, 3.05) is 11.1 Å². The van der Waals surface area contributed by atoms with Crippen LogP contribution in [-0.2, 0) is 4.79 Å². The van der Waals surface area contributed by atoms with Crippen molar-refractivity contribution < 1.29 is 4.79 Å². The lowest BCUT2D eigenvalue weighted by molar-refractivity contribution is -0.113. The largest absolute Gasteiger partial charge is 0.325 e. The molecule has 0 atom stereocenters. The highest BCUT2D eigenvalue weighted by molar-refractivity contribution is 7.99. The Hall–Kier alpha value is -2.68. The van der Waals surface area contributed by atoms with Crippen LogP contribution < -0.4 is 10.9 Å². The van der Waals surface area contributed by atoms with Gasteiger partial charge in [0.15, 0.2) is 0 Å². The Kier molecular flexibility index (Phi) is 4.11. The molecule has 0 spiro atoms. The number of thioether (sulfide) groups is 1. The molecule has 23 heavy (non-hydrogen) atoms. The second-order valence-electron chi connectivity index (χ2n) is 4.96. The zero-order chi connectivity index (χ0) is 16.4. The Bertz CT molecular complexity index is 932. The van der Waals surface area contributed by atoms with Crippen molar-refractivity contribution in [3.05, 3.63) is 45.9 Å². The molecule has 2 N–H and O–H groups in total. The maximum absolute atomic E-state index is 12.0. The molecule has 0 fully saturated rings. The highest BCUT2D eigenvalue weighted by Gasteiger charge is 2.12. The second-order valence-corrected chi connectivity index (χ2v) is 5.91. The lowest BCUT2D eigenvalue weighted by Crippen LogP contribution is -2.16. The summed E-state index contributed by atoms with van der Waals surface area (Å²) in [6.07, 6.45) is 0. The first kappa shape index (κ1) is 15.2. The van der Waals surface area contributed by atoms with Crippen LogP contribution in [0.15, 0.2) is 34.2 Å². The molecular formula is C14H14N6O2S. The van der Waals surface area contributed by atoms with E-state index in [-0.39, 0.29) is 23.0 Å². The highest BCUT2D eigenvalue weighted by atomic mass is 32.2. The summed E-state index contributed by atoms with van der Waals surface area (Å²) in [5.41, 5.74) is 1.82. The number of benzene rings is 1. The number of carbonyl (C=O) groups is 1. The van der Waals surface area contributed by atoms with Crippen LogP contribution >= 0.6 is 11.8 Å². The van der Waals surface area contributed by atoms with Gasteiger partial charge in [-0.05, 0) is 31.5 Å². The van der Waals surface area contributed by atoms with Gasteiger partial charge < -0.3 is 5.32 Å². The number of amides is 1. The summed E-state index contributed by atoms with van der Waals surface area (Å²) in [7, 11) is 0. The van der Waals surface area contributed by atoms with Crippen LogP contribution in [0.3, 0.4) is 0 Å². The van der Waals surface area contributed by atoms with Gasteiger partial charge in [0.1, 0.15) is 5.69 Å². The minimum absolute atomic E-state index is 0.154. The zero-order valence-electron chi connectivity index (χ0n) is 12.5. The van der Waals surface area contributed by atoms with Gasteiger partial charge in [-0.25, -0.2) is 0 Å². The molecular weight excluding hydrogens is 316 g/mol. The smallest absolute Gasteiger partial charge is 0.273 e. The Morgan fingerprint density at radius 2 is 2.17 bits per heavy atom. The predicted octanol–water partition coefficient (Wildman–Crippen LogP) is 1.16. The van der Waals surface area contributed by atoms with Crippen LogP contribution in [0.5, 0.6) is 0 Å². The first-order chi connectivity index (χ1) is 11.0. The molecule has 1 amide bonds. The van der Waals surface area contributed by atoms with E-state index in [2.05, 4.69) is 25.6 Å². The van der Waals surface area contributed by atoms with E-state index in [1.54, 1.807) is 6.92 Å². The number of rotatable bonds is 4. The molecule has 0 bridgehead atoms. The van der Waals surface area contributed by atoms with Gasteiger partial charge >= 0.3 is 0 Å². The molecule has 2 heterocycles. The topological polar surface area (TPSA) is 105 Å². The van der Waals surface area contributed by atoms with E-state index in [9.17, 15) is 9.59 Å². The summed E-state index contributed by atoms with van der Waals surface area (Å²) in [6.45, 7) is 3.55. The third-order valence-electron chi connectivity index (χ3n) is 3.05. The minimum atomic E-state index is -0.307. The molecule has 0 aliphatic rings. The predicted molar refractivity (Wildman–Crippen MR) is 86.7 cm³/mol. The van der Waals surface area contributed by atoms with Gasteiger partial charge in [-0.1, -0.05) is 23.9 Å². The Morgan fingerprint density at radius 1 is 1.35 bits per heavy atom. The molecule has 3 aromatic rings. The molecule has 0 aliphatic heterocycles. The van der Waals surface area contributed by atoms with Crippen LogP contribution in [0.1, 0.15) is 11.3 Å². The van der Waals surface area contributed by atoms with Crippen LogP contribution in [-0.4, -0.2) is 36.5 Å². The van der Waals surface area contributed by atoms with E-state index in [1.807, 2.05) is 31.2 Å². The molecule has 3 rings (SSSR count). The summed E-state index contributed by atoms with van der Waals surface area (Å²) in [5.74, 6) is 0.259. The van der Waals surface area contributed by atoms with Crippen molar-refractivity contribution in [3.63, 3.8) is 0 Å². The molecule has 1 aromatic carbocycles. The summed E-state index contributed by atoms with van der Waals surface area (Å²) < 4.78 is 1.42. The third kappa shape index (κ3) is 3.39. The Morgan fingerprint density at radius 3 is 2.96 bits per heavy atom. The molecule has 9 heteroatoms. The van der Waals surface area contributed by atoms with E-state index in [4.69, 9.17) is 0 Å².